The molecule has 22 heavy (non-hydrogen) atoms. The summed E-state index contributed by atoms with van der Waals surface area (Å²) in [4.78, 5) is 17.2. The Kier molecular flexibility index (Phi) is 5.96. The maximum absolute atomic E-state index is 11.9. The minimum absolute atomic E-state index is 0.0111. The van der Waals surface area contributed by atoms with E-state index in [9.17, 15) is 4.79 Å². The molecular formula is C14H20N4O2S2. The smallest absolute Gasteiger partial charge is 0.277 e. The molecule has 1 amide bonds. The average molecular weight is 340 g/mol. The van der Waals surface area contributed by atoms with E-state index in [0.717, 1.165) is 28.4 Å². The maximum Gasteiger partial charge on any atom is 0.277 e. The molecule has 2 aromatic heterocycles. The van der Waals surface area contributed by atoms with E-state index in [1.54, 1.807) is 0 Å². The van der Waals surface area contributed by atoms with Gasteiger partial charge in [-0.3, -0.25) is 4.79 Å². The van der Waals surface area contributed by atoms with Crippen LogP contribution in [-0.4, -0.2) is 32.9 Å². The van der Waals surface area contributed by atoms with Crippen LogP contribution < -0.4 is 5.32 Å². The second-order valence-corrected chi connectivity index (χ2v) is 7.42. The van der Waals surface area contributed by atoms with E-state index in [1.165, 1.54) is 23.1 Å². The van der Waals surface area contributed by atoms with Gasteiger partial charge in [-0.25, -0.2) is 4.98 Å². The van der Waals surface area contributed by atoms with E-state index >= 15 is 0 Å². The maximum atomic E-state index is 11.9. The van der Waals surface area contributed by atoms with Crippen LogP contribution >= 0.6 is 23.1 Å². The fourth-order valence-electron chi connectivity index (χ4n) is 1.82. The summed E-state index contributed by atoms with van der Waals surface area (Å²) in [5.74, 6) is 0.451. The Labute approximate surface area is 138 Å². The van der Waals surface area contributed by atoms with Gasteiger partial charge in [0.05, 0.1) is 16.0 Å². The van der Waals surface area contributed by atoms with Crippen molar-refractivity contribution >= 4 is 29.0 Å². The summed E-state index contributed by atoms with van der Waals surface area (Å²) >= 11 is 2.79. The van der Waals surface area contributed by atoms with Crippen molar-refractivity contribution in [2.45, 2.75) is 51.0 Å². The molecule has 2 aromatic rings. The predicted molar refractivity (Wildman–Crippen MR) is 88.1 cm³/mol. The van der Waals surface area contributed by atoms with E-state index in [0.29, 0.717) is 17.7 Å². The number of hydrogen-bond acceptors (Lipinski definition) is 7. The molecule has 120 valence electrons. The fraction of sp³-hybridized carbons (Fsp3) is 0.571. The first-order valence-corrected chi connectivity index (χ1v) is 8.93. The summed E-state index contributed by atoms with van der Waals surface area (Å²) in [7, 11) is 0. The molecule has 8 heteroatoms. The Morgan fingerprint density at radius 3 is 2.82 bits per heavy atom. The lowest BCUT2D eigenvalue weighted by Crippen LogP contribution is -2.31. The van der Waals surface area contributed by atoms with Crippen molar-refractivity contribution in [1.82, 2.24) is 20.5 Å². The Morgan fingerprint density at radius 1 is 1.41 bits per heavy atom. The average Bonchev–Trinajstić information content (AvgIpc) is 3.05. The third-order valence-electron chi connectivity index (χ3n) is 2.98. The molecule has 0 aliphatic carbocycles. The first kappa shape index (κ1) is 17.0. The molecule has 0 aliphatic heterocycles. The van der Waals surface area contributed by atoms with Crippen LogP contribution in [0.15, 0.2) is 9.64 Å². The van der Waals surface area contributed by atoms with Crippen LogP contribution in [-0.2, 0) is 4.79 Å². The van der Waals surface area contributed by atoms with Gasteiger partial charge < -0.3 is 9.73 Å². The van der Waals surface area contributed by atoms with Gasteiger partial charge in [-0.15, -0.1) is 21.5 Å². The van der Waals surface area contributed by atoms with Gasteiger partial charge in [-0.05, 0) is 27.2 Å². The number of carbonyl (C=O) groups excluding carboxylic acids is 1. The Balaban J connectivity index is 1.97. The Bertz CT molecular complexity index is 639. The van der Waals surface area contributed by atoms with Gasteiger partial charge in [0.1, 0.15) is 4.88 Å². The lowest BCUT2D eigenvalue weighted by atomic mass is 10.3. The molecule has 0 fully saturated rings. The van der Waals surface area contributed by atoms with Crippen molar-refractivity contribution in [3.8, 4) is 10.8 Å². The fourth-order valence-corrected chi connectivity index (χ4v) is 3.36. The summed E-state index contributed by atoms with van der Waals surface area (Å²) in [6, 6.07) is 0. The van der Waals surface area contributed by atoms with Gasteiger partial charge >= 0.3 is 0 Å². The van der Waals surface area contributed by atoms with Crippen LogP contribution in [0.5, 0.6) is 0 Å². The van der Waals surface area contributed by atoms with Gasteiger partial charge in [0.25, 0.3) is 11.1 Å². The second kappa shape index (κ2) is 7.73. The summed E-state index contributed by atoms with van der Waals surface area (Å²) in [6.07, 6.45) is 2.04. The summed E-state index contributed by atoms with van der Waals surface area (Å²) in [5, 5.41) is 12.0. The highest BCUT2D eigenvalue weighted by Crippen LogP contribution is 2.31. The minimum atomic E-state index is -0.269. The topological polar surface area (TPSA) is 80.9 Å². The summed E-state index contributed by atoms with van der Waals surface area (Å²) < 4.78 is 5.64. The number of thioether (sulfide) groups is 1. The van der Waals surface area contributed by atoms with Crippen LogP contribution in [0.4, 0.5) is 0 Å². The highest BCUT2D eigenvalue weighted by Gasteiger charge is 2.20. The van der Waals surface area contributed by atoms with Crippen molar-refractivity contribution < 1.29 is 9.21 Å². The Hall–Kier alpha value is -1.41. The molecule has 0 aromatic carbocycles. The van der Waals surface area contributed by atoms with E-state index in [4.69, 9.17) is 4.42 Å². The van der Waals surface area contributed by atoms with E-state index in [2.05, 4.69) is 27.4 Å². The Morgan fingerprint density at radius 2 is 2.18 bits per heavy atom. The number of unbranched alkanes of at least 4 members (excludes halogenated alkanes) is 1. The lowest BCUT2D eigenvalue weighted by molar-refractivity contribution is -0.120. The van der Waals surface area contributed by atoms with Crippen molar-refractivity contribution in [3.63, 3.8) is 0 Å². The lowest BCUT2D eigenvalue weighted by Gasteiger charge is -2.08. The highest BCUT2D eigenvalue weighted by atomic mass is 32.2. The van der Waals surface area contributed by atoms with Gasteiger partial charge in [0.15, 0.2) is 0 Å². The van der Waals surface area contributed by atoms with Gasteiger partial charge in [-0.2, -0.15) is 0 Å². The zero-order valence-electron chi connectivity index (χ0n) is 13.2. The number of amides is 1. The molecule has 0 saturated carbocycles. The van der Waals surface area contributed by atoms with Crippen molar-refractivity contribution in [3.05, 3.63) is 10.7 Å². The number of hydrogen-bond donors (Lipinski definition) is 1. The molecule has 1 unspecified atom stereocenters. The molecule has 0 spiro atoms. The third-order valence-corrected chi connectivity index (χ3v) is 4.98. The van der Waals surface area contributed by atoms with Crippen molar-refractivity contribution in [1.29, 1.82) is 0 Å². The third kappa shape index (κ3) is 4.30. The summed E-state index contributed by atoms with van der Waals surface area (Å²) in [6.45, 7) is 8.48. The number of aryl methyl sites for hydroxylation is 2. The monoisotopic (exact) mass is 340 g/mol. The molecule has 0 aliphatic rings. The molecule has 1 atom stereocenters. The molecular weight excluding hydrogens is 320 g/mol. The van der Waals surface area contributed by atoms with Crippen molar-refractivity contribution in [2.75, 3.05) is 6.54 Å². The molecule has 2 heterocycles. The van der Waals surface area contributed by atoms with Gasteiger partial charge in [0.2, 0.25) is 5.91 Å². The van der Waals surface area contributed by atoms with Crippen molar-refractivity contribution in [2.24, 2.45) is 0 Å². The quantitative estimate of drug-likeness (QED) is 0.616. The second-order valence-electron chi connectivity index (χ2n) is 4.93. The number of rotatable bonds is 7. The normalized spacial score (nSPS) is 12.4. The standard InChI is InChI=1S/C14H20N4O2S2/c1-5-6-7-15-12(19)9(3)21-14-18-17-13(20-14)11-8(2)16-10(4)22-11/h9H,5-7H2,1-4H3,(H,15,19). The zero-order valence-corrected chi connectivity index (χ0v) is 14.8. The molecule has 2 rings (SSSR count). The SMILES string of the molecule is CCCCNC(=O)C(C)Sc1nnc(-c2sc(C)nc2C)o1. The first-order chi connectivity index (χ1) is 10.5. The number of nitrogens with zero attached hydrogens (tertiary/aromatic N) is 3. The largest absolute Gasteiger partial charge is 0.410 e. The molecule has 0 saturated heterocycles. The predicted octanol–water partition coefficient (Wildman–Crippen LogP) is 3.21. The van der Waals surface area contributed by atoms with E-state index in [-0.39, 0.29) is 11.2 Å². The highest BCUT2D eigenvalue weighted by molar-refractivity contribution is 8.00. The number of nitrogens with one attached hydrogen (secondary N) is 1. The van der Waals surface area contributed by atoms with Gasteiger partial charge in [0, 0.05) is 6.54 Å². The molecule has 0 bridgehead atoms. The molecule has 0 radical (unpaired) electrons. The first-order valence-electron chi connectivity index (χ1n) is 7.23. The zero-order chi connectivity index (χ0) is 16.1. The molecule has 1 N–H and O–H groups in total. The van der Waals surface area contributed by atoms with Crippen LogP contribution in [0.2, 0.25) is 0 Å². The van der Waals surface area contributed by atoms with E-state index < -0.39 is 0 Å². The van der Waals surface area contributed by atoms with E-state index in [1.807, 2.05) is 20.8 Å². The van der Waals surface area contributed by atoms with Gasteiger partial charge in [-0.1, -0.05) is 25.1 Å². The molecule has 6 nitrogen and oxygen atoms in total. The van der Waals surface area contributed by atoms with Crippen LogP contribution in [0.3, 0.4) is 0 Å². The van der Waals surface area contributed by atoms with Crippen LogP contribution in [0.1, 0.15) is 37.4 Å². The van der Waals surface area contributed by atoms with Crippen LogP contribution in [0, 0.1) is 13.8 Å². The number of carbonyl (C=O) groups is 1. The minimum Gasteiger partial charge on any atom is -0.410 e. The van der Waals surface area contributed by atoms with Crippen LogP contribution in [0.25, 0.3) is 10.8 Å². The number of thiazole rings is 1. The number of aromatic nitrogens is 3. The summed E-state index contributed by atoms with van der Waals surface area (Å²) in [5.41, 5.74) is 0.882.